The van der Waals surface area contributed by atoms with Crippen LogP contribution in [0, 0.1) is 5.92 Å². The number of rotatable bonds is 4. The molecule has 0 aliphatic carbocycles. The fourth-order valence-corrected chi connectivity index (χ4v) is 2.35. The molecule has 1 aromatic rings. The van der Waals surface area contributed by atoms with Gasteiger partial charge >= 0.3 is 5.97 Å². The van der Waals surface area contributed by atoms with Crippen molar-refractivity contribution in [2.45, 2.75) is 12.8 Å². The normalized spacial score (nSPS) is 19.6. The summed E-state index contributed by atoms with van der Waals surface area (Å²) >= 11 is 5.71. The zero-order valence-electron chi connectivity index (χ0n) is 10.9. The van der Waals surface area contributed by atoms with Crippen LogP contribution in [0.25, 0.3) is 0 Å². The molecule has 1 unspecified atom stereocenters. The van der Waals surface area contributed by atoms with Gasteiger partial charge in [0.05, 0.1) is 17.5 Å². The van der Waals surface area contributed by atoms with Crippen LogP contribution >= 0.6 is 11.6 Å². The number of carboxylic acids is 1. The van der Waals surface area contributed by atoms with E-state index in [1.807, 2.05) is 4.90 Å². The van der Waals surface area contributed by atoms with Crippen molar-refractivity contribution in [3.63, 3.8) is 0 Å². The molecule has 0 bridgehead atoms. The largest absolute Gasteiger partial charge is 0.481 e. The highest BCUT2D eigenvalue weighted by molar-refractivity contribution is 6.30. The van der Waals surface area contributed by atoms with E-state index in [1.165, 1.54) is 6.20 Å². The van der Waals surface area contributed by atoms with Crippen molar-refractivity contribution >= 4 is 29.3 Å². The summed E-state index contributed by atoms with van der Waals surface area (Å²) < 4.78 is 0. The minimum Gasteiger partial charge on any atom is -0.481 e. The van der Waals surface area contributed by atoms with Crippen molar-refractivity contribution in [2.75, 3.05) is 25.0 Å². The summed E-state index contributed by atoms with van der Waals surface area (Å²) in [6.45, 7) is 1.33. The first kappa shape index (κ1) is 14.7. The van der Waals surface area contributed by atoms with Crippen molar-refractivity contribution in [1.82, 2.24) is 9.88 Å². The fourth-order valence-electron chi connectivity index (χ4n) is 2.24. The van der Waals surface area contributed by atoms with Gasteiger partial charge in [0.15, 0.2) is 0 Å². The predicted molar refractivity (Wildman–Crippen MR) is 74.7 cm³/mol. The Labute approximate surface area is 121 Å². The third-order valence-electron chi connectivity index (χ3n) is 3.22. The van der Waals surface area contributed by atoms with Gasteiger partial charge in [0.25, 0.3) is 0 Å². The molecule has 1 aromatic heterocycles. The highest BCUT2D eigenvalue weighted by Crippen LogP contribution is 2.16. The van der Waals surface area contributed by atoms with Crippen LogP contribution in [0.2, 0.25) is 5.02 Å². The minimum absolute atomic E-state index is 0.175. The number of amides is 1. The molecule has 20 heavy (non-hydrogen) atoms. The van der Waals surface area contributed by atoms with Crippen LogP contribution in [0.4, 0.5) is 5.82 Å². The number of nitrogens with zero attached hydrogens (tertiary/aromatic N) is 2. The van der Waals surface area contributed by atoms with E-state index in [9.17, 15) is 9.59 Å². The second-order valence-electron chi connectivity index (χ2n) is 4.82. The molecule has 0 radical (unpaired) electrons. The molecule has 1 fully saturated rings. The van der Waals surface area contributed by atoms with Gasteiger partial charge in [-0.3, -0.25) is 14.5 Å². The Hall–Kier alpha value is -1.66. The molecular weight excluding hydrogens is 282 g/mol. The standard InChI is InChI=1S/C13H16ClN3O3/c14-10-3-4-11(15-6-10)16-12(18)8-17-5-1-2-9(7-17)13(19)20/h3-4,6,9H,1-2,5,7-8H2,(H,19,20)(H,15,16,18). The van der Waals surface area contributed by atoms with Crippen LogP contribution in [0.15, 0.2) is 18.3 Å². The molecule has 6 nitrogen and oxygen atoms in total. The Kier molecular flexibility index (Phi) is 4.92. The molecule has 2 N–H and O–H groups in total. The van der Waals surface area contributed by atoms with Gasteiger partial charge in [-0.05, 0) is 31.5 Å². The van der Waals surface area contributed by atoms with E-state index in [2.05, 4.69) is 10.3 Å². The van der Waals surface area contributed by atoms with Crippen LogP contribution < -0.4 is 5.32 Å². The predicted octanol–water partition coefficient (Wildman–Crippen LogP) is 1.47. The number of hydrogen-bond acceptors (Lipinski definition) is 4. The first-order valence-corrected chi connectivity index (χ1v) is 6.79. The fraction of sp³-hybridized carbons (Fsp3) is 0.462. The number of halogens is 1. The molecule has 0 spiro atoms. The van der Waals surface area contributed by atoms with E-state index < -0.39 is 5.97 Å². The number of carbonyl (C=O) groups is 2. The Bertz CT molecular complexity index is 492. The summed E-state index contributed by atoms with van der Waals surface area (Å²) in [6.07, 6.45) is 2.92. The van der Waals surface area contributed by atoms with Crippen molar-refractivity contribution in [3.8, 4) is 0 Å². The van der Waals surface area contributed by atoms with Crippen molar-refractivity contribution in [1.29, 1.82) is 0 Å². The van der Waals surface area contributed by atoms with Gasteiger partial charge in [0.2, 0.25) is 5.91 Å². The van der Waals surface area contributed by atoms with Crippen LogP contribution in [-0.2, 0) is 9.59 Å². The number of carbonyl (C=O) groups excluding carboxylic acids is 1. The molecule has 1 saturated heterocycles. The van der Waals surface area contributed by atoms with E-state index in [4.69, 9.17) is 16.7 Å². The first-order valence-electron chi connectivity index (χ1n) is 6.41. The third-order valence-corrected chi connectivity index (χ3v) is 3.44. The van der Waals surface area contributed by atoms with Crippen molar-refractivity contribution < 1.29 is 14.7 Å². The highest BCUT2D eigenvalue weighted by atomic mass is 35.5. The quantitative estimate of drug-likeness (QED) is 0.879. The van der Waals surface area contributed by atoms with Crippen molar-refractivity contribution in [2.24, 2.45) is 5.92 Å². The van der Waals surface area contributed by atoms with Gasteiger partial charge in [0, 0.05) is 12.7 Å². The summed E-state index contributed by atoms with van der Waals surface area (Å²) in [5.41, 5.74) is 0. The maximum absolute atomic E-state index is 11.9. The number of carboxylic acid groups (broad SMARTS) is 1. The zero-order valence-corrected chi connectivity index (χ0v) is 11.6. The molecule has 108 valence electrons. The first-order chi connectivity index (χ1) is 9.54. The number of aromatic nitrogens is 1. The Morgan fingerprint density at radius 2 is 2.30 bits per heavy atom. The second kappa shape index (κ2) is 6.67. The molecule has 1 atom stereocenters. The smallest absolute Gasteiger partial charge is 0.307 e. The average Bonchev–Trinajstić information content (AvgIpc) is 2.41. The maximum atomic E-state index is 11.9. The van der Waals surface area contributed by atoms with Gasteiger partial charge in [-0.1, -0.05) is 11.6 Å². The van der Waals surface area contributed by atoms with E-state index in [0.29, 0.717) is 23.8 Å². The molecule has 1 aliphatic rings. The van der Waals surface area contributed by atoms with Gasteiger partial charge in [-0.15, -0.1) is 0 Å². The number of anilines is 1. The van der Waals surface area contributed by atoms with Gasteiger partial charge in [-0.25, -0.2) is 4.98 Å². The zero-order chi connectivity index (χ0) is 14.5. The lowest BCUT2D eigenvalue weighted by Crippen LogP contribution is -2.42. The Morgan fingerprint density at radius 3 is 2.95 bits per heavy atom. The van der Waals surface area contributed by atoms with Crippen molar-refractivity contribution in [3.05, 3.63) is 23.4 Å². The number of hydrogen-bond donors (Lipinski definition) is 2. The number of aliphatic carboxylic acids is 1. The summed E-state index contributed by atoms with van der Waals surface area (Å²) in [4.78, 5) is 28.7. The molecular formula is C13H16ClN3O3. The minimum atomic E-state index is -0.797. The number of nitrogens with one attached hydrogen (secondary N) is 1. The maximum Gasteiger partial charge on any atom is 0.307 e. The lowest BCUT2D eigenvalue weighted by molar-refractivity contribution is -0.144. The van der Waals surface area contributed by atoms with Gasteiger partial charge in [-0.2, -0.15) is 0 Å². The number of likely N-dealkylation sites (tertiary alicyclic amines) is 1. The van der Waals surface area contributed by atoms with Crippen LogP contribution in [-0.4, -0.2) is 46.5 Å². The van der Waals surface area contributed by atoms with E-state index in [1.54, 1.807) is 12.1 Å². The van der Waals surface area contributed by atoms with E-state index >= 15 is 0 Å². The molecule has 7 heteroatoms. The third kappa shape index (κ3) is 4.18. The summed E-state index contributed by atoms with van der Waals surface area (Å²) in [5.74, 6) is -0.947. The van der Waals surface area contributed by atoms with Crippen LogP contribution in [0.3, 0.4) is 0 Å². The van der Waals surface area contributed by atoms with Crippen LogP contribution in [0.1, 0.15) is 12.8 Å². The monoisotopic (exact) mass is 297 g/mol. The lowest BCUT2D eigenvalue weighted by atomic mass is 9.98. The number of pyridine rings is 1. The molecule has 1 aliphatic heterocycles. The second-order valence-corrected chi connectivity index (χ2v) is 5.26. The molecule has 2 rings (SSSR count). The van der Waals surface area contributed by atoms with E-state index in [0.717, 1.165) is 13.0 Å². The SMILES string of the molecule is O=C(CN1CCCC(C(=O)O)C1)Nc1ccc(Cl)cn1. The van der Waals surface area contributed by atoms with Crippen LogP contribution in [0.5, 0.6) is 0 Å². The summed E-state index contributed by atoms with van der Waals surface area (Å²) in [6, 6.07) is 3.27. The molecule has 0 aromatic carbocycles. The summed E-state index contributed by atoms with van der Waals surface area (Å²) in [7, 11) is 0. The Morgan fingerprint density at radius 1 is 1.50 bits per heavy atom. The van der Waals surface area contributed by atoms with Gasteiger partial charge in [0.1, 0.15) is 5.82 Å². The lowest BCUT2D eigenvalue weighted by Gasteiger charge is -2.29. The van der Waals surface area contributed by atoms with Gasteiger partial charge < -0.3 is 10.4 Å². The summed E-state index contributed by atoms with van der Waals surface area (Å²) in [5, 5.41) is 12.2. The highest BCUT2D eigenvalue weighted by Gasteiger charge is 2.26. The number of piperidine rings is 1. The molecule has 2 heterocycles. The molecule has 1 amide bonds. The molecule has 0 saturated carbocycles. The topological polar surface area (TPSA) is 82.5 Å². The average molecular weight is 298 g/mol. The Balaban J connectivity index is 1.85. The van der Waals surface area contributed by atoms with E-state index in [-0.39, 0.29) is 18.4 Å².